The van der Waals surface area contributed by atoms with Crippen LogP contribution in [0, 0.1) is 27.7 Å². The molecule has 0 amide bonds. The summed E-state index contributed by atoms with van der Waals surface area (Å²) < 4.78 is 2.67. The largest absolute Gasteiger partial charge is 0.310 e. The van der Waals surface area contributed by atoms with Gasteiger partial charge < -0.3 is 4.90 Å². The third-order valence-electron chi connectivity index (χ3n) is 11.2. The monoisotopic (exact) mass is 763 g/mol. The van der Waals surface area contributed by atoms with Gasteiger partial charge in [0, 0.05) is 36.9 Å². The molecule has 280 valence electrons. The van der Waals surface area contributed by atoms with Crippen molar-refractivity contribution in [3.63, 3.8) is 0 Å². The number of hydrogen-bond donors (Lipinski definition) is 0. The first kappa shape index (κ1) is 36.9. The van der Waals surface area contributed by atoms with Crippen molar-refractivity contribution >= 4 is 59.3 Å². The molecule has 0 aliphatic heterocycles. The zero-order valence-electron chi connectivity index (χ0n) is 33.4. The van der Waals surface area contributed by atoms with Gasteiger partial charge in [-0.2, -0.15) is 0 Å². The fraction of sp³-hybridized carbons (Fsp3) is 0.0714. The van der Waals surface area contributed by atoms with Crippen LogP contribution in [0.3, 0.4) is 0 Å². The van der Waals surface area contributed by atoms with Gasteiger partial charge in [-0.1, -0.05) is 169 Å². The standard InChI is InChI=1S/C48H35NS.C8H10/c1-32-11-3-5-14-40(32)45-31-37(22-21-33(45)2)34-23-27-38(28-24-34)49(46-19-9-13-35-12-4-6-15-41(35)46)39-29-25-36(26-30-39)42-17-10-18-44-43-16-7-8-20-47(43)50-48(42)44;1-7-4-3-5-8(2)6-7/h3-31H,1-2H3;3-6H,1-2H3. The lowest BCUT2D eigenvalue weighted by Crippen LogP contribution is -2.10. The Morgan fingerprint density at radius 3 is 1.64 bits per heavy atom. The SMILES string of the molecule is Cc1cccc(C)c1.Cc1ccccc1-c1cc(-c2ccc(N(c3ccc(-c4cccc5c4sc4ccccc45)cc3)c3cccc4ccccc34)cc2)ccc1C. The number of aryl methyl sites for hydroxylation is 4. The minimum Gasteiger partial charge on any atom is -0.310 e. The smallest absolute Gasteiger partial charge is 0.0540 e. The van der Waals surface area contributed by atoms with Crippen molar-refractivity contribution < 1.29 is 0 Å². The fourth-order valence-corrected chi connectivity index (χ4v) is 9.41. The molecule has 1 aromatic heterocycles. The van der Waals surface area contributed by atoms with Gasteiger partial charge in [-0.05, 0) is 120 Å². The van der Waals surface area contributed by atoms with E-state index in [2.05, 4.69) is 233 Å². The van der Waals surface area contributed by atoms with Gasteiger partial charge in [0.1, 0.15) is 0 Å². The Morgan fingerprint density at radius 1 is 0.362 bits per heavy atom. The summed E-state index contributed by atoms with van der Waals surface area (Å²) in [5.74, 6) is 0. The second-order valence-corrected chi connectivity index (χ2v) is 16.3. The van der Waals surface area contributed by atoms with Crippen molar-refractivity contribution in [3.05, 3.63) is 222 Å². The van der Waals surface area contributed by atoms with E-state index in [1.165, 1.54) is 86.6 Å². The first-order valence-electron chi connectivity index (χ1n) is 20.0. The molecule has 0 bridgehead atoms. The number of nitrogens with zero attached hydrogens (tertiary/aromatic N) is 1. The number of fused-ring (bicyclic) bond motifs is 4. The molecular formula is C56H45NS. The summed E-state index contributed by atoms with van der Waals surface area (Å²) in [4.78, 5) is 2.39. The molecular weight excluding hydrogens is 719 g/mol. The van der Waals surface area contributed by atoms with Crippen molar-refractivity contribution in [2.24, 2.45) is 0 Å². The summed E-state index contributed by atoms with van der Waals surface area (Å²) in [7, 11) is 0. The maximum absolute atomic E-state index is 2.39. The second-order valence-electron chi connectivity index (χ2n) is 15.2. The lowest BCUT2D eigenvalue weighted by Gasteiger charge is -2.27. The Kier molecular flexibility index (Phi) is 10.2. The van der Waals surface area contributed by atoms with E-state index in [1.807, 2.05) is 11.3 Å². The van der Waals surface area contributed by atoms with Crippen LogP contribution in [-0.2, 0) is 0 Å². The van der Waals surface area contributed by atoms with Gasteiger partial charge in [0.15, 0.2) is 0 Å². The van der Waals surface area contributed by atoms with Crippen LogP contribution in [0.5, 0.6) is 0 Å². The van der Waals surface area contributed by atoms with Crippen molar-refractivity contribution in [1.29, 1.82) is 0 Å². The van der Waals surface area contributed by atoms with E-state index in [0.717, 1.165) is 17.1 Å². The molecule has 10 rings (SSSR count). The number of anilines is 3. The molecule has 0 radical (unpaired) electrons. The van der Waals surface area contributed by atoms with E-state index < -0.39 is 0 Å². The fourth-order valence-electron chi connectivity index (χ4n) is 8.17. The minimum atomic E-state index is 1.12. The molecule has 1 heterocycles. The Labute approximate surface area is 346 Å². The van der Waals surface area contributed by atoms with Crippen LogP contribution in [0.4, 0.5) is 17.1 Å². The highest BCUT2D eigenvalue weighted by atomic mass is 32.1. The zero-order chi connectivity index (χ0) is 39.6. The lowest BCUT2D eigenvalue weighted by molar-refractivity contribution is 1.30. The molecule has 0 aliphatic carbocycles. The van der Waals surface area contributed by atoms with Crippen LogP contribution in [0.25, 0.3) is 64.3 Å². The molecule has 0 N–H and O–H groups in total. The van der Waals surface area contributed by atoms with Gasteiger partial charge in [0.2, 0.25) is 0 Å². The van der Waals surface area contributed by atoms with Crippen LogP contribution in [0.2, 0.25) is 0 Å². The zero-order valence-corrected chi connectivity index (χ0v) is 34.2. The Hall–Kier alpha value is -6.74. The third-order valence-corrected chi connectivity index (χ3v) is 12.4. The van der Waals surface area contributed by atoms with Gasteiger partial charge in [0.25, 0.3) is 0 Å². The average Bonchev–Trinajstić information content (AvgIpc) is 3.64. The maximum atomic E-state index is 2.39. The maximum Gasteiger partial charge on any atom is 0.0540 e. The Bertz CT molecular complexity index is 3020. The van der Waals surface area contributed by atoms with Gasteiger partial charge in [-0.3, -0.25) is 0 Å². The predicted octanol–water partition coefficient (Wildman–Crippen LogP) is 16.6. The molecule has 9 aromatic carbocycles. The number of hydrogen-bond acceptors (Lipinski definition) is 2. The molecule has 10 aromatic rings. The van der Waals surface area contributed by atoms with E-state index in [9.17, 15) is 0 Å². The normalized spacial score (nSPS) is 11.1. The van der Waals surface area contributed by atoms with E-state index in [4.69, 9.17) is 0 Å². The number of benzene rings is 9. The van der Waals surface area contributed by atoms with Crippen LogP contribution >= 0.6 is 11.3 Å². The molecule has 0 fully saturated rings. The molecule has 0 unspecified atom stereocenters. The number of rotatable bonds is 6. The highest BCUT2D eigenvalue weighted by Gasteiger charge is 2.17. The molecule has 0 atom stereocenters. The Morgan fingerprint density at radius 2 is 0.914 bits per heavy atom. The molecule has 0 aliphatic rings. The van der Waals surface area contributed by atoms with Crippen molar-refractivity contribution in [2.45, 2.75) is 27.7 Å². The quantitative estimate of drug-likeness (QED) is 0.163. The van der Waals surface area contributed by atoms with E-state index in [1.54, 1.807) is 0 Å². The molecule has 1 nitrogen and oxygen atoms in total. The molecule has 0 spiro atoms. The summed E-state index contributed by atoms with van der Waals surface area (Å²) in [5, 5.41) is 5.10. The third kappa shape index (κ3) is 7.31. The summed E-state index contributed by atoms with van der Waals surface area (Å²) in [6, 6.07) is 72.7. The van der Waals surface area contributed by atoms with Crippen molar-refractivity contribution in [1.82, 2.24) is 0 Å². The van der Waals surface area contributed by atoms with E-state index in [-0.39, 0.29) is 0 Å². The van der Waals surface area contributed by atoms with Gasteiger partial charge in [-0.15, -0.1) is 11.3 Å². The van der Waals surface area contributed by atoms with Crippen LogP contribution in [-0.4, -0.2) is 0 Å². The highest BCUT2D eigenvalue weighted by Crippen LogP contribution is 2.43. The number of thiophene rings is 1. The summed E-state index contributed by atoms with van der Waals surface area (Å²) in [6.07, 6.45) is 0. The molecule has 0 saturated heterocycles. The molecule has 0 saturated carbocycles. The summed E-state index contributed by atoms with van der Waals surface area (Å²) >= 11 is 1.88. The van der Waals surface area contributed by atoms with Crippen LogP contribution < -0.4 is 4.90 Å². The topological polar surface area (TPSA) is 3.24 Å². The summed E-state index contributed by atoms with van der Waals surface area (Å²) in [6.45, 7) is 8.60. The lowest BCUT2D eigenvalue weighted by atomic mass is 9.93. The Balaban J connectivity index is 0.000000489. The van der Waals surface area contributed by atoms with E-state index in [0.29, 0.717) is 0 Å². The highest BCUT2D eigenvalue weighted by molar-refractivity contribution is 7.26. The van der Waals surface area contributed by atoms with Crippen LogP contribution in [0.15, 0.2) is 200 Å². The molecule has 2 heteroatoms. The van der Waals surface area contributed by atoms with E-state index >= 15 is 0 Å². The van der Waals surface area contributed by atoms with Gasteiger partial charge >= 0.3 is 0 Å². The van der Waals surface area contributed by atoms with Gasteiger partial charge in [0.05, 0.1) is 5.69 Å². The first-order valence-corrected chi connectivity index (χ1v) is 20.8. The minimum absolute atomic E-state index is 1.12. The van der Waals surface area contributed by atoms with Crippen molar-refractivity contribution in [2.75, 3.05) is 4.90 Å². The first-order chi connectivity index (χ1) is 28.4. The summed E-state index contributed by atoms with van der Waals surface area (Å²) in [5.41, 5.74) is 16.2. The molecule has 58 heavy (non-hydrogen) atoms. The van der Waals surface area contributed by atoms with Crippen molar-refractivity contribution in [3.8, 4) is 33.4 Å². The predicted molar refractivity (Wildman–Crippen MR) is 253 cm³/mol. The van der Waals surface area contributed by atoms with Gasteiger partial charge in [-0.25, -0.2) is 0 Å². The second kappa shape index (κ2) is 16.0. The van der Waals surface area contributed by atoms with Crippen LogP contribution in [0.1, 0.15) is 22.3 Å². The average molecular weight is 764 g/mol.